The lowest BCUT2D eigenvalue weighted by Gasteiger charge is -2.11. The van der Waals surface area contributed by atoms with Gasteiger partial charge in [-0.2, -0.15) is 0 Å². The second-order valence-electron chi connectivity index (χ2n) is 5.95. The standard InChI is InChI=1S/C19H17N3O2S/c1-12-11-16(18(23)24-12)25-19-21-15-10-6-5-9-14(15)17(22-19)20-13-7-3-2-4-8-13/h2-10,12,16H,11H2,1H3,(H,20,21,22)/t12-,16-/m1/s1. The number of cyclic esters (lactones) is 1. The summed E-state index contributed by atoms with van der Waals surface area (Å²) in [4.78, 5) is 21.2. The number of anilines is 2. The van der Waals surface area contributed by atoms with Crippen molar-refractivity contribution in [2.24, 2.45) is 0 Å². The van der Waals surface area contributed by atoms with Gasteiger partial charge in [0.2, 0.25) is 0 Å². The molecule has 2 heterocycles. The zero-order chi connectivity index (χ0) is 17.2. The molecule has 2 atom stereocenters. The summed E-state index contributed by atoms with van der Waals surface area (Å²) in [6.07, 6.45) is 0.633. The predicted molar refractivity (Wildman–Crippen MR) is 99.1 cm³/mol. The fourth-order valence-corrected chi connectivity index (χ4v) is 3.87. The number of nitrogens with zero attached hydrogens (tertiary/aromatic N) is 2. The van der Waals surface area contributed by atoms with E-state index in [0.717, 1.165) is 22.4 Å². The molecule has 3 aromatic rings. The van der Waals surface area contributed by atoms with Gasteiger partial charge in [-0.25, -0.2) is 9.97 Å². The van der Waals surface area contributed by atoms with E-state index in [-0.39, 0.29) is 17.3 Å². The maximum atomic E-state index is 11.9. The van der Waals surface area contributed by atoms with Crippen molar-refractivity contribution in [2.45, 2.75) is 29.9 Å². The summed E-state index contributed by atoms with van der Waals surface area (Å²) in [7, 11) is 0. The molecule has 1 aliphatic rings. The highest BCUT2D eigenvalue weighted by atomic mass is 32.2. The zero-order valence-electron chi connectivity index (χ0n) is 13.7. The topological polar surface area (TPSA) is 64.1 Å². The summed E-state index contributed by atoms with van der Waals surface area (Å²) in [5.74, 6) is 0.547. The molecular weight excluding hydrogens is 334 g/mol. The quantitative estimate of drug-likeness (QED) is 0.562. The van der Waals surface area contributed by atoms with E-state index in [0.29, 0.717) is 11.6 Å². The first-order valence-electron chi connectivity index (χ1n) is 8.15. The Bertz CT molecular complexity index is 917. The van der Waals surface area contributed by atoms with E-state index >= 15 is 0 Å². The van der Waals surface area contributed by atoms with Gasteiger partial charge in [0.05, 0.1) is 5.52 Å². The Kier molecular flexibility index (Phi) is 4.28. The van der Waals surface area contributed by atoms with E-state index in [2.05, 4.69) is 15.3 Å². The number of hydrogen-bond donors (Lipinski definition) is 1. The number of aromatic nitrogens is 2. The minimum atomic E-state index is -0.249. The van der Waals surface area contributed by atoms with Crippen LogP contribution < -0.4 is 5.32 Å². The third kappa shape index (κ3) is 3.44. The Balaban J connectivity index is 1.70. The molecule has 2 aromatic carbocycles. The van der Waals surface area contributed by atoms with Crippen LogP contribution in [0.3, 0.4) is 0 Å². The first-order valence-corrected chi connectivity index (χ1v) is 9.03. The molecule has 0 amide bonds. The lowest BCUT2D eigenvalue weighted by molar-refractivity contribution is -0.140. The molecule has 0 saturated carbocycles. The molecule has 0 spiro atoms. The Hall–Kier alpha value is -2.60. The van der Waals surface area contributed by atoms with Gasteiger partial charge in [0.1, 0.15) is 17.2 Å². The molecule has 5 nitrogen and oxygen atoms in total. The van der Waals surface area contributed by atoms with E-state index in [1.165, 1.54) is 11.8 Å². The highest BCUT2D eigenvalue weighted by Gasteiger charge is 2.33. The van der Waals surface area contributed by atoms with E-state index in [1.54, 1.807) is 0 Å². The van der Waals surface area contributed by atoms with Crippen LogP contribution in [0.2, 0.25) is 0 Å². The van der Waals surface area contributed by atoms with Gasteiger partial charge in [-0.05, 0) is 31.2 Å². The normalized spacial score (nSPS) is 19.8. The highest BCUT2D eigenvalue weighted by molar-refractivity contribution is 8.00. The minimum Gasteiger partial charge on any atom is -0.462 e. The van der Waals surface area contributed by atoms with Gasteiger partial charge in [0, 0.05) is 17.5 Å². The number of para-hydroxylation sites is 2. The molecule has 4 rings (SSSR count). The van der Waals surface area contributed by atoms with Crippen LogP contribution in [0.15, 0.2) is 59.8 Å². The number of nitrogens with one attached hydrogen (secondary N) is 1. The van der Waals surface area contributed by atoms with Crippen LogP contribution in [0.1, 0.15) is 13.3 Å². The number of ether oxygens (including phenoxy) is 1. The van der Waals surface area contributed by atoms with Crippen molar-refractivity contribution in [3.8, 4) is 0 Å². The van der Waals surface area contributed by atoms with Crippen molar-refractivity contribution in [3.63, 3.8) is 0 Å². The Labute approximate surface area is 149 Å². The number of rotatable bonds is 4. The smallest absolute Gasteiger partial charge is 0.319 e. The van der Waals surface area contributed by atoms with E-state index in [1.807, 2.05) is 61.5 Å². The van der Waals surface area contributed by atoms with Gasteiger partial charge in [0.15, 0.2) is 5.16 Å². The molecule has 0 radical (unpaired) electrons. The molecule has 1 fully saturated rings. The Morgan fingerprint density at radius 2 is 1.84 bits per heavy atom. The van der Waals surface area contributed by atoms with Crippen molar-refractivity contribution in [2.75, 3.05) is 5.32 Å². The first kappa shape index (κ1) is 15.9. The number of fused-ring (bicyclic) bond motifs is 1. The van der Waals surface area contributed by atoms with Gasteiger partial charge in [-0.3, -0.25) is 4.79 Å². The number of carbonyl (C=O) groups is 1. The van der Waals surface area contributed by atoms with Crippen molar-refractivity contribution in [3.05, 3.63) is 54.6 Å². The van der Waals surface area contributed by atoms with E-state index in [9.17, 15) is 4.79 Å². The second kappa shape index (κ2) is 6.72. The van der Waals surface area contributed by atoms with Crippen LogP contribution in [0.25, 0.3) is 10.9 Å². The van der Waals surface area contributed by atoms with Crippen LogP contribution >= 0.6 is 11.8 Å². The van der Waals surface area contributed by atoms with Gasteiger partial charge in [-0.1, -0.05) is 42.1 Å². The summed E-state index contributed by atoms with van der Waals surface area (Å²) < 4.78 is 5.23. The molecule has 1 aliphatic heterocycles. The molecule has 1 aromatic heterocycles. The summed E-state index contributed by atoms with van der Waals surface area (Å²) in [6, 6.07) is 17.7. The average Bonchev–Trinajstić information content (AvgIpc) is 2.93. The van der Waals surface area contributed by atoms with E-state index < -0.39 is 0 Å². The third-order valence-corrected chi connectivity index (χ3v) is 5.06. The van der Waals surface area contributed by atoms with Gasteiger partial charge < -0.3 is 10.1 Å². The fraction of sp³-hybridized carbons (Fsp3) is 0.211. The maximum Gasteiger partial charge on any atom is 0.319 e. The van der Waals surface area contributed by atoms with Crippen LogP contribution in [0.4, 0.5) is 11.5 Å². The number of carbonyl (C=O) groups excluding carboxylic acids is 1. The molecular formula is C19H17N3O2S. The summed E-state index contributed by atoms with van der Waals surface area (Å²) in [6.45, 7) is 1.90. The van der Waals surface area contributed by atoms with Crippen molar-refractivity contribution < 1.29 is 9.53 Å². The Morgan fingerprint density at radius 3 is 2.60 bits per heavy atom. The molecule has 0 unspecified atom stereocenters. The highest BCUT2D eigenvalue weighted by Crippen LogP contribution is 2.33. The van der Waals surface area contributed by atoms with Crippen molar-refractivity contribution in [1.29, 1.82) is 0 Å². The number of hydrogen-bond acceptors (Lipinski definition) is 6. The first-order chi connectivity index (χ1) is 12.2. The lowest BCUT2D eigenvalue weighted by Crippen LogP contribution is -2.10. The predicted octanol–water partition coefficient (Wildman–Crippen LogP) is 4.17. The maximum absolute atomic E-state index is 11.9. The minimum absolute atomic E-state index is 0.0487. The summed E-state index contributed by atoms with van der Waals surface area (Å²) in [5, 5.41) is 4.62. The molecule has 0 aliphatic carbocycles. The third-order valence-electron chi connectivity index (χ3n) is 3.99. The molecule has 126 valence electrons. The fourth-order valence-electron chi connectivity index (χ4n) is 2.80. The zero-order valence-corrected chi connectivity index (χ0v) is 14.5. The number of thioether (sulfide) groups is 1. The van der Waals surface area contributed by atoms with Crippen LogP contribution in [0.5, 0.6) is 0 Å². The monoisotopic (exact) mass is 351 g/mol. The summed E-state index contributed by atoms with van der Waals surface area (Å²) in [5.41, 5.74) is 1.80. The molecule has 0 bridgehead atoms. The lowest BCUT2D eigenvalue weighted by atomic mass is 10.2. The van der Waals surface area contributed by atoms with Crippen molar-refractivity contribution >= 4 is 40.1 Å². The molecule has 6 heteroatoms. The average molecular weight is 351 g/mol. The number of benzene rings is 2. The van der Waals surface area contributed by atoms with Crippen molar-refractivity contribution in [1.82, 2.24) is 9.97 Å². The SMILES string of the molecule is C[C@@H]1C[C@@H](Sc2nc(Nc3ccccc3)c3ccccc3n2)C(=O)O1. The summed E-state index contributed by atoms with van der Waals surface area (Å²) >= 11 is 1.37. The molecule has 1 saturated heterocycles. The molecule has 1 N–H and O–H groups in total. The van der Waals surface area contributed by atoms with Crippen LogP contribution in [0, 0.1) is 0 Å². The molecule has 25 heavy (non-hydrogen) atoms. The number of esters is 1. The largest absolute Gasteiger partial charge is 0.462 e. The van der Waals surface area contributed by atoms with Crippen LogP contribution in [-0.4, -0.2) is 27.3 Å². The van der Waals surface area contributed by atoms with Crippen LogP contribution in [-0.2, 0) is 9.53 Å². The van der Waals surface area contributed by atoms with E-state index in [4.69, 9.17) is 4.74 Å². The Morgan fingerprint density at radius 1 is 1.08 bits per heavy atom. The van der Waals surface area contributed by atoms with Gasteiger partial charge >= 0.3 is 5.97 Å². The van der Waals surface area contributed by atoms with Gasteiger partial charge in [-0.15, -0.1) is 0 Å². The van der Waals surface area contributed by atoms with Gasteiger partial charge in [0.25, 0.3) is 0 Å². The second-order valence-corrected chi connectivity index (χ2v) is 7.12.